The summed E-state index contributed by atoms with van der Waals surface area (Å²) in [6.45, 7) is 16.2. The number of hydrogen-bond donors (Lipinski definition) is 3. The molecular formula is C40H72N4O15. The van der Waals surface area contributed by atoms with E-state index < -0.39 is 17.4 Å². The van der Waals surface area contributed by atoms with E-state index in [1.807, 2.05) is 20.8 Å². The fourth-order valence-electron chi connectivity index (χ4n) is 5.03. The highest BCUT2D eigenvalue weighted by molar-refractivity contribution is 6.13. The lowest BCUT2D eigenvalue weighted by atomic mass is 10.0. The van der Waals surface area contributed by atoms with E-state index in [0.29, 0.717) is 99.1 Å². The summed E-state index contributed by atoms with van der Waals surface area (Å²) in [5.41, 5.74) is -1.01. The number of imide groups is 1. The van der Waals surface area contributed by atoms with E-state index in [0.717, 1.165) is 11.3 Å². The van der Waals surface area contributed by atoms with Gasteiger partial charge in [0.2, 0.25) is 17.7 Å². The molecule has 19 nitrogen and oxygen atoms in total. The monoisotopic (exact) mass is 848 g/mol. The van der Waals surface area contributed by atoms with Crippen molar-refractivity contribution in [3.05, 3.63) is 12.2 Å². The lowest BCUT2D eigenvalue weighted by molar-refractivity contribution is -0.138. The number of aliphatic hydroxyl groups excluding tert-OH is 1. The number of aliphatic hydroxyl groups is 1. The van der Waals surface area contributed by atoms with Gasteiger partial charge in [-0.2, -0.15) is 0 Å². The summed E-state index contributed by atoms with van der Waals surface area (Å²) >= 11 is 0. The van der Waals surface area contributed by atoms with Gasteiger partial charge in [-0.25, -0.2) is 0 Å². The quantitative estimate of drug-likeness (QED) is 0.0556. The molecule has 0 aromatic carbocycles. The van der Waals surface area contributed by atoms with Gasteiger partial charge in [-0.3, -0.25) is 28.9 Å². The Bertz CT molecular complexity index is 1190. The molecule has 1 aliphatic rings. The SMILES string of the molecule is CCOCCC(C)(C)NC(=O)CCOCCOCCOCCOCCN(CCOCCOCCOCCOCCC(=O)NC(C)(C)CO)C(=O)CCN1C(=O)C=CC1=O. The molecule has 0 aromatic heterocycles. The van der Waals surface area contributed by atoms with Gasteiger partial charge in [0, 0.05) is 69.8 Å². The summed E-state index contributed by atoms with van der Waals surface area (Å²) in [5.74, 6) is -1.38. The van der Waals surface area contributed by atoms with E-state index >= 15 is 0 Å². The Morgan fingerprint density at radius 3 is 1.32 bits per heavy atom. The third-order valence-electron chi connectivity index (χ3n) is 8.42. The van der Waals surface area contributed by atoms with Crippen molar-refractivity contribution in [3.8, 4) is 0 Å². The molecular weight excluding hydrogens is 776 g/mol. The van der Waals surface area contributed by atoms with Crippen LogP contribution in [0.15, 0.2) is 12.2 Å². The van der Waals surface area contributed by atoms with Crippen LogP contribution in [0.3, 0.4) is 0 Å². The van der Waals surface area contributed by atoms with Crippen LogP contribution in [0.5, 0.6) is 0 Å². The molecule has 342 valence electrons. The topological polar surface area (TPSA) is 219 Å². The molecule has 0 spiro atoms. The molecule has 0 atom stereocenters. The Kier molecular flexibility index (Phi) is 30.7. The largest absolute Gasteiger partial charge is 0.394 e. The van der Waals surface area contributed by atoms with Crippen LogP contribution in [0.25, 0.3) is 0 Å². The molecule has 5 amide bonds. The molecule has 0 aromatic rings. The number of ether oxygens (including phenoxy) is 9. The van der Waals surface area contributed by atoms with Gasteiger partial charge in [-0.15, -0.1) is 0 Å². The van der Waals surface area contributed by atoms with Crippen LogP contribution in [0, 0.1) is 0 Å². The van der Waals surface area contributed by atoms with Gasteiger partial charge in [0.05, 0.1) is 118 Å². The maximum atomic E-state index is 13.0. The minimum atomic E-state index is -0.667. The highest BCUT2D eigenvalue weighted by Crippen LogP contribution is 2.09. The molecule has 1 heterocycles. The van der Waals surface area contributed by atoms with Crippen LogP contribution in [0.2, 0.25) is 0 Å². The molecule has 1 rings (SSSR count). The zero-order valence-corrected chi connectivity index (χ0v) is 36.1. The zero-order valence-electron chi connectivity index (χ0n) is 36.1. The molecule has 0 unspecified atom stereocenters. The minimum Gasteiger partial charge on any atom is -0.394 e. The third kappa shape index (κ3) is 29.7. The van der Waals surface area contributed by atoms with E-state index in [-0.39, 0.29) is 88.6 Å². The maximum Gasteiger partial charge on any atom is 0.253 e. The predicted molar refractivity (Wildman–Crippen MR) is 215 cm³/mol. The summed E-state index contributed by atoms with van der Waals surface area (Å²) in [7, 11) is 0. The molecule has 0 fully saturated rings. The second-order valence-corrected chi connectivity index (χ2v) is 14.7. The Morgan fingerprint density at radius 2 is 0.932 bits per heavy atom. The number of hydrogen-bond acceptors (Lipinski definition) is 15. The average molecular weight is 849 g/mol. The molecule has 0 radical (unpaired) electrons. The fraction of sp³-hybridized carbons (Fsp3) is 0.825. The standard InChI is InChI=1S/C40H72N4O15/c1-6-51-18-12-39(2,3)41-34(46)10-16-52-21-25-56-29-31-58-27-23-54-19-14-43(36(48)9-13-44-37(49)7-8-38(44)50)15-20-55-24-28-59-32-30-57-26-22-53-17-11-35(47)42-40(4,5)33-45/h7-8,45H,6,9-33H2,1-5H3,(H,41,46)(H,42,47). The molecule has 0 aliphatic carbocycles. The third-order valence-corrected chi connectivity index (χ3v) is 8.42. The summed E-state index contributed by atoms with van der Waals surface area (Å²) in [6, 6.07) is 0. The van der Waals surface area contributed by atoms with Crippen LogP contribution in [-0.4, -0.2) is 201 Å². The van der Waals surface area contributed by atoms with Crippen molar-refractivity contribution in [2.75, 3.05) is 145 Å². The van der Waals surface area contributed by atoms with E-state index in [2.05, 4.69) is 10.6 Å². The van der Waals surface area contributed by atoms with Crippen LogP contribution >= 0.6 is 0 Å². The minimum absolute atomic E-state index is 0.0156. The molecule has 19 heteroatoms. The average Bonchev–Trinajstić information content (AvgIpc) is 3.51. The van der Waals surface area contributed by atoms with Crippen molar-refractivity contribution in [1.29, 1.82) is 0 Å². The van der Waals surface area contributed by atoms with Crippen molar-refractivity contribution >= 4 is 29.5 Å². The second kappa shape index (κ2) is 33.6. The smallest absolute Gasteiger partial charge is 0.253 e. The number of amides is 5. The normalized spacial score (nSPS) is 13.1. The number of rotatable bonds is 40. The van der Waals surface area contributed by atoms with Gasteiger partial charge in [0.1, 0.15) is 0 Å². The molecule has 0 saturated heterocycles. The van der Waals surface area contributed by atoms with Crippen LogP contribution in [-0.2, 0) is 66.6 Å². The van der Waals surface area contributed by atoms with Gasteiger partial charge in [0.15, 0.2) is 0 Å². The first-order chi connectivity index (χ1) is 28.3. The van der Waals surface area contributed by atoms with Crippen molar-refractivity contribution in [1.82, 2.24) is 20.4 Å². The van der Waals surface area contributed by atoms with E-state index in [1.54, 1.807) is 18.7 Å². The lowest BCUT2D eigenvalue weighted by Gasteiger charge is -2.26. The summed E-state index contributed by atoms with van der Waals surface area (Å²) in [6.07, 6.45) is 3.54. The second-order valence-electron chi connectivity index (χ2n) is 14.7. The highest BCUT2D eigenvalue weighted by Gasteiger charge is 2.25. The maximum absolute atomic E-state index is 13.0. The summed E-state index contributed by atoms with van der Waals surface area (Å²) in [5, 5.41) is 14.9. The van der Waals surface area contributed by atoms with Gasteiger partial charge in [-0.05, 0) is 41.0 Å². The van der Waals surface area contributed by atoms with Gasteiger partial charge in [-0.1, -0.05) is 0 Å². The van der Waals surface area contributed by atoms with Gasteiger partial charge < -0.3 is 63.3 Å². The highest BCUT2D eigenvalue weighted by atomic mass is 16.6. The van der Waals surface area contributed by atoms with Gasteiger partial charge in [0.25, 0.3) is 11.8 Å². The Hall–Kier alpha value is -3.11. The Labute approximate surface area is 350 Å². The fourth-order valence-corrected chi connectivity index (χ4v) is 5.03. The first kappa shape index (κ1) is 53.9. The molecule has 0 bridgehead atoms. The van der Waals surface area contributed by atoms with E-state index in [1.165, 1.54) is 12.2 Å². The van der Waals surface area contributed by atoms with Crippen molar-refractivity contribution in [3.63, 3.8) is 0 Å². The van der Waals surface area contributed by atoms with Crippen LogP contribution in [0.1, 0.15) is 60.3 Å². The first-order valence-corrected chi connectivity index (χ1v) is 20.5. The van der Waals surface area contributed by atoms with Crippen LogP contribution < -0.4 is 10.6 Å². The number of carbonyl (C=O) groups is 5. The van der Waals surface area contributed by atoms with E-state index in [9.17, 15) is 29.1 Å². The van der Waals surface area contributed by atoms with Crippen molar-refractivity contribution in [2.24, 2.45) is 0 Å². The van der Waals surface area contributed by atoms with E-state index in [4.69, 9.17) is 42.6 Å². The molecule has 0 saturated carbocycles. The van der Waals surface area contributed by atoms with Crippen molar-refractivity contribution in [2.45, 2.75) is 71.4 Å². The van der Waals surface area contributed by atoms with Crippen molar-refractivity contribution < 1.29 is 71.7 Å². The van der Waals surface area contributed by atoms with Crippen LogP contribution in [0.4, 0.5) is 0 Å². The zero-order chi connectivity index (χ0) is 43.6. The van der Waals surface area contributed by atoms with Gasteiger partial charge >= 0.3 is 0 Å². The Morgan fingerprint density at radius 1 is 0.559 bits per heavy atom. The summed E-state index contributed by atoms with van der Waals surface area (Å²) in [4.78, 5) is 63.4. The predicted octanol–water partition coefficient (Wildman–Crippen LogP) is 0.252. The first-order valence-electron chi connectivity index (χ1n) is 20.5. The summed E-state index contributed by atoms with van der Waals surface area (Å²) < 4.78 is 49.6. The number of nitrogens with zero attached hydrogens (tertiary/aromatic N) is 2. The molecule has 1 aliphatic heterocycles. The molecule has 59 heavy (non-hydrogen) atoms. The molecule has 3 N–H and O–H groups in total. The Balaban J connectivity index is 2.15. The lowest BCUT2D eigenvalue weighted by Crippen LogP contribution is -2.46. The number of nitrogens with one attached hydrogen (secondary N) is 2. The number of carbonyl (C=O) groups excluding carboxylic acids is 5.